The van der Waals surface area contributed by atoms with E-state index in [0.717, 1.165) is 20.6 Å². The second kappa shape index (κ2) is 5.28. The lowest BCUT2D eigenvalue weighted by molar-refractivity contribution is 0.103. The molecule has 0 unspecified atom stereocenters. The maximum atomic E-state index is 13.9. The van der Waals surface area contributed by atoms with Crippen LogP contribution in [0.3, 0.4) is 0 Å². The highest BCUT2D eigenvalue weighted by atomic mass is 79.9. The van der Waals surface area contributed by atoms with Crippen molar-refractivity contribution in [3.05, 3.63) is 68.2 Å². The molecule has 0 aliphatic heterocycles. The minimum absolute atomic E-state index is 0.0362. The van der Waals surface area contributed by atoms with Crippen LogP contribution in [0.2, 0.25) is 5.02 Å². The van der Waals surface area contributed by atoms with Crippen molar-refractivity contribution in [1.82, 2.24) is 0 Å². The Kier molecular flexibility index (Phi) is 3.63. The van der Waals surface area contributed by atoms with Crippen LogP contribution >= 0.6 is 38.9 Å². The normalized spacial score (nSPS) is 10.9. The van der Waals surface area contributed by atoms with Crippen LogP contribution in [0.25, 0.3) is 10.1 Å². The molecule has 0 saturated heterocycles. The summed E-state index contributed by atoms with van der Waals surface area (Å²) in [6, 6.07) is 9.71. The van der Waals surface area contributed by atoms with Gasteiger partial charge in [-0.05, 0) is 40.2 Å². The number of carbonyl (C=O) groups excluding carboxylic acids is 1. The first kappa shape index (κ1) is 13.7. The van der Waals surface area contributed by atoms with Crippen molar-refractivity contribution < 1.29 is 9.18 Å². The molecule has 100 valence electrons. The lowest BCUT2D eigenvalue weighted by Crippen LogP contribution is -2.03. The Morgan fingerprint density at radius 2 is 2.00 bits per heavy atom. The second-order valence-electron chi connectivity index (χ2n) is 4.22. The van der Waals surface area contributed by atoms with Gasteiger partial charge in [-0.15, -0.1) is 11.3 Å². The summed E-state index contributed by atoms with van der Waals surface area (Å²) in [4.78, 5) is 12.5. The minimum atomic E-state index is -0.600. The number of rotatable bonds is 2. The summed E-state index contributed by atoms with van der Waals surface area (Å²) < 4.78 is 15.8. The van der Waals surface area contributed by atoms with Gasteiger partial charge < -0.3 is 0 Å². The molecule has 20 heavy (non-hydrogen) atoms. The van der Waals surface area contributed by atoms with E-state index in [1.807, 2.05) is 18.2 Å². The number of fused-ring (bicyclic) bond motifs is 1. The van der Waals surface area contributed by atoms with Crippen LogP contribution in [0.1, 0.15) is 15.9 Å². The molecule has 2 aromatic carbocycles. The fraction of sp³-hybridized carbons (Fsp3) is 0. The van der Waals surface area contributed by atoms with Crippen LogP contribution in [-0.4, -0.2) is 5.78 Å². The van der Waals surface area contributed by atoms with Gasteiger partial charge in [0.15, 0.2) is 5.78 Å². The summed E-state index contributed by atoms with van der Waals surface area (Å²) in [6.07, 6.45) is 0. The maximum absolute atomic E-state index is 13.9. The fourth-order valence-corrected chi connectivity index (χ4v) is 3.78. The van der Waals surface area contributed by atoms with Gasteiger partial charge in [0.05, 0.1) is 5.56 Å². The molecule has 5 heteroatoms. The van der Waals surface area contributed by atoms with Gasteiger partial charge in [-0.1, -0.05) is 23.7 Å². The number of thiophene rings is 1. The van der Waals surface area contributed by atoms with Gasteiger partial charge in [-0.2, -0.15) is 0 Å². The number of halogens is 3. The standard InChI is InChI=1S/C15H7BrClFOS/c16-12-3-1-2-9-11(7-20-15(9)12)14(19)10-5-4-8(17)6-13(10)18/h1-7H. The van der Waals surface area contributed by atoms with Crippen molar-refractivity contribution in [2.45, 2.75) is 0 Å². The molecule has 1 heterocycles. The molecule has 3 aromatic rings. The predicted octanol–water partition coefficient (Wildman–Crippen LogP) is 5.69. The number of benzene rings is 2. The summed E-state index contributed by atoms with van der Waals surface area (Å²) in [5, 5.41) is 2.85. The summed E-state index contributed by atoms with van der Waals surface area (Å²) in [6.45, 7) is 0. The number of hydrogen-bond acceptors (Lipinski definition) is 2. The molecular weight excluding hydrogens is 363 g/mol. The molecule has 0 amide bonds. The van der Waals surface area contributed by atoms with E-state index in [1.54, 1.807) is 5.38 Å². The van der Waals surface area contributed by atoms with E-state index in [1.165, 1.54) is 23.5 Å². The quantitative estimate of drug-likeness (QED) is 0.531. The zero-order chi connectivity index (χ0) is 14.3. The van der Waals surface area contributed by atoms with E-state index in [2.05, 4.69) is 15.9 Å². The molecule has 0 spiro atoms. The summed E-state index contributed by atoms with van der Waals surface area (Å²) >= 11 is 10.6. The molecule has 0 aliphatic rings. The molecule has 3 rings (SSSR count). The SMILES string of the molecule is O=C(c1ccc(Cl)cc1F)c1csc2c(Br)cccc12. The van der Waals surface area contributed by atoms with E-state index in [-0.39, 0.29) is 16.4 Å². The van der Waals surface area contributed by atoms with Crippen molar-refractivity contribution in [3.8, 4) is 0 Å². The Morgan fingerprint density at radius 1 is 1.20 bits per heavy atom. The average Bonchev–Trinajstić information content (AvgIpc) is 2.83. The number of carbonyl (C=O) groups is 1. The Balaban J connectivity index is 2.16. The molecule has 0 fully saturated rings. The highest BCUT2D eigenvalue weighted by Gasteiger charge is 2.18. The van der Waals surface area contributed by atoms with Gasteiger partial charge in [0.1, 0.15) is 5.82 Å². The van der Waals surface area contributed by atoms with Gasteiger partial charge in [-0.3, -0.25) is 4.79 Å². The van der Waals surface area contributed by atoms with Crippen LogP contribution in [-0.2, 0) is 0 Å². The van der Waals surface area contributed by atoms with Crippen molar-refractivity contribution in [2.75, 3.05) is 0 Å². The van der Waals surface area contributed by atoms with Crippen LogP contribution in [0.4, 0.5) is 4.39 Å². The monoisotopic (exact) mass is 368 g/mol. The molecular formula is C15H7BrClFOS. The molecule has 1 aromatic heterocycles. The average molecular weight is 370 g/mol. The number of ketones is 1. The lowest BCUT2D eigenvalue weighted by Gasteiger charge is -2.02. The highest BCUT2D eigenvalue weighted by molar-refractivity contribution is 9.10. The Bertz CT molecular complexity index is 828. The largest absolute Gasteiger partial charge is 0.288 e. The minimum Gasteiger partial charge on any atom is -0.288 e. The molecule has 0 aliphatic carbocycles. The van der Waals surface area contributed by atoms with Crippen molar-refractivity contribution in [3.63, 3.8) is 0 Å². The summed E-state index contributed by atoms with van der Waals surface area (Å²) in [5.74, 6) is -0.930. The van der Waals surface area contributed by atoms with Gasteiger partial charge in [0, 0.05) is 30.5 Å². The fourth-order valence-electron chi connectivity index (χ4n) is 2.02. The third-order valence-electron chi connectivity index (χ3n) is 2.97. The topological polar surface area (TPSA) is 17.1 Å². The highest BCUT2D eigenvalue weighted by Crippen LogP contribution is 2.33. The molecule has 0 atom stereocenters. The summed E-state index contributed by atoms with van der Waals surface area (Å²) in [5.41, 5.74) is 0.543. The molecule has 0 bridgehead atoms. The van der Waals surface area contributed by atoms with E-state index >= 15 is 0 Å². The van der Waals surface area contributed by atoms with Crippen molar-refractivity contribution in [1.29, 1.82) is 0 Å². The Hall–Kier alpha value is -1.23. The molecule has 0 saturated carbocycles. The van der Waals surface area contributed by atoms with E-state index < -0.39 is 5.82 Å². The van der Waals surface area contributed by atoms with Crippen LogP contribution in [0.5, 0.6) is 0 Å². The number of hydrogen-bond donors (Lipinski definition) is 0. The zero-order valence-corrected chi connectivity index (χ0v) is 13.2. The van der Waals surface area contributed by atoms with Gasteiger partial charge in [0.2, 0.25) is 0 Å². The Labute approximate surface area is 132 Å². The smallest absolute Gasteiger partial charge is 0.197 e. The van der Waals surface area contributed by atoms with Crippen LogP contribution < -0.4 is 0 Å². The first-order valence-corrected chi connectivity index (χ1v) is 7.78. The van der Waals surface area contributed by atoms with Crippen molar-refractivity contribution in [2.24, 2.45) is 0 Å². The summed E-state index contributed by atoms with van der Waals surface area (Å²) in [7, 11) is 0. The predicted molar refractivity (Wildman–Crippen MR) is 84.4 cm³/mol. The van der Waals surface area contributed by atoms with E-state index in [9.17, 15) is 9.18 Å². The second-order valence-corrected chi connectivity index (χ2v) is 6.39. The van der Waals surface area contributed by atoms with Crippen LogP contribution in [0.15, 0.2) is 46.3 Å². The van der Waals surface area contributed by atoms with Gasteiger partial charge in [0.25, 0.3) is 0 Å². The maximum Gasteiger partial charge on any atom is 0.197 e. The third-order valence-corrected chi connectivity index (χ3v) is 5.16. The van der Waals surface area contributed by atoms with Gasteiger partial charge in [-0.25, -0.2) is 4.39 Å². The first-order chi connectivity index (χ1) is 9.58. The van der Waals surface area contributed by atoms with Crippen molar-refractivity contribution >= 4 is 54.7 Å². The molecule has 1 nitrogen and oxygen atoms in total. The van der Waals surface area contributed by atoms with E-state index in [0.29, 0.717) is 5.56 Å². The van der Waals surface area contributed by atoms with Gasteiger partial charge >= 0.3 is 0 Å². The van der Waals surface area contributed by atoms with E-state index in [4.69, 9.17) is 11.6 Å². The molecule has 0 radical (unpaired) electrons. The first-order valence-electron chi connectivity index (χ1n) is 5.73. The van der Waals surface area contributed by atoms with Crippen LogP contribution in [0, 0.1) is 5.82 Å². The third kappa shape index (κ3) is 2.28. The lowest BCUT2D eigenvalue weighted by atomic mass is 10.0. The Morgan fingerprint density at radius 3 is 2.75 bits per heavy atom. The zero-order valence-electron chi connectivity index (χ0n) is 9.99. The molecule has 0 N–H and O–H groups in total.